The summed E-state index contributed by atoms with van der Waals surface area (Å²) in [7, 11) is 0. The number of nitrogens with one attached hydrogen (secondary N) is 1. The zero-order chi connectivity index (χ0) is 11.4. The molecule has 0 saturated carbocycles. The van der Waals surface area contributed by atoms with Crippen LogP contribution in [0.15, 0.2) is 24.3 Å². The van der Waals surface area contributed by atoms with Crippen molar-refractivity contribution in [2.24, 2.45) is 0 Å². The van der Waals surface area contributed by atoms with Crippen LogP contribution in [0, 0.1) is 0 Å². The molecule has 1 unspecified atom stereocenters. The van der Waals surface area contributed by atoms with Gasteiger partial charge >= 0.3 is 0 Å². The molecule has 0 aliphatic carbocycles. The summed E-state index contributed by atoms with van der Waals surface area (Å²) in [5.74, 6) is 0. The average Bonchev–Trinajstić information content (AvgIpc) is 2.31. The van der Waals surface area contributed by atoms with E-state index in [1.807, 2.05) is 24.3 Å². The normalized spacial score (nSPS) is 19.6. The Morgan fingerprint density at radius 2 is 1.88 bits per heavy atom. The molecule has 1 fully saturated rings. The summed E-state index contributed by atoms with van der Waals surface area (Å²) in [6.07, 6.45) is 2.77. The van der Waals surface area contributed by atoms with E-state index in [4.69, 9.17) is 16.3 Å². The van der Waals surface area contributed by atoms with Gasteiger partial charge in [0, 0.05) is 5.02 Å². The molecule has 2 rings (SSSR count). The second kappa shape index (κ2) is 5.67. The summed E-state index contributed by atoms with van der Waals surface area (Å²) >= 11 is 5.86. The van der Waals surface area contributed by atoms with E-state index in [9.17, 15) is 0 Å². The second-order valence-corrected chi connectivity index (χ2v) is 4.72. The number of benzene rings is 1. The van der Waals surface area contributed by atoms with Gasteiger partial charge in [-0.15, -0.1) is 0 Å². The second-order valence-electron chi connectivity index (χ2n) is 4.28. The van der Waals surface area contributed by atoms with Gasteiger partial charge in [-0.25, -0.2) is 0 Å². The highest BCUT2D eigenvalue weighted by Crippen LogP contribution is 2.23. The van der Waals surface area contributed by atoms with Crippen molar-refractivity contribution in [2.75, 3.05) is 13.1 Å². The third kappa shape index (κ3) is 3.21. The van der Waals surface area contributed by atoms with E-state index in [2.05, 4.69) is 12.2 Å². The Morgan fingerprint density at radius 3 is 2.50 bits per heavy atom. The monoisotopic (exact) mass is 239 g/mol. The Hall–Kier alpha value is -0.570. The van der Waals surface area contributed by atoms with E-state index >= 15 is 0 Å². The van der Waals surface area contributed by atoms with E-state index < -0.39 is 0 Å². The lowest BCUT2D eigenvalue weighted by molar-refractivity contribution is -0.0186. The molecule has 0 amide bonds. The summed E-state index contributed by atoms with van der Waals surface area (Å²) in [5, 5.41) is 4.11. The molecule has 1 saturated heterocycles. The molecular formula is C13H18ClNO. The van der Waals surface area contributed by atoms with E-state index in [-0.39, 0.29) is 6.10 Å². The van der Waals surface area contributed by atoms with Gasteiger partial charge in [-0.05, 0) is 50.6 Å². The minimum Gasteiger partial charge on any atom is -0.370 e. The van der Waals surface area contributed by atoms with E-state index in [1.54, 1.807) is 0 Å². The third-order valence-electron chi connectivity index (χ3n) is 3.02. The van der Waals surface area contributed by atoms with Crippen LogP contribution in [-0.2, 0) is 4.74 Å². The molecule has 1 aromatic carbocycles. The molecule has 1 atom stereocenters. The Kier molecular flexibility index (Phi) is 4.22. The highest BCUT2D eigenvalue weighted by atomic mass is 35.5. The van der Waals surface area contributed by atoms with Crippen molar-refractivity contribution in [3.63, 3.8) is 0 Å². The fraction of sp³-hybridized carbons (Fsp3) is 0.538. The third-order valence-corrected chi connectivity index (χ3v) is 3.27. The first kappa shape index (κ1) is 11.9. The molecular weight excluding hydrogens is 222 g/mol. The lowest BCUT2D eigenvalue weighted by Crippen LogP contribution is -2.32. The van der Waals surface area contributed by atoms with Gasteiger partial charge in [-0.2, -0.15) is 0 Å². The maximum absolute atomic E-state index is 6.03. The lowest BCUT2D eigenvalue weighted by atomic mass is 10.1. The fourth-order valence-corrected chi connectivity index (χ4v) is 2.16. The van der Waals surface area contributed by atoms with Crippen LogP contribution in [0.25, 0.3) is 0 Å². The Morgan fingerprint density at radius 1 is 1.25 bits per heavy atom. The topological polar surface area (TPSA) is 21.3 Å². The standard InChI is InChI=1S/C13H18ClNO/c1-10(11-2-4-12(14)5-3-11)16-13-6-8-15-9-7-13/h2-5,10,13,15H,6-9H2,1H3. The van der Waals surface area contributed by atoms with Crippen molar-refractivity contribution in [3.8, 4) is 0 Å². The van der Waals surface area contributed by atoms with Crippen molar-refractivity contribution in [1.29, 1.82) is 0 Å². The van der Waals surface area contributed by atoms with Gasteiger partial charge < -0.3 is 10.1 Å². The van der Waals surface area contributed by atoms with Crippen molar-refractivity contribution in [2.45, 2.75) is 32.0 Å². The summed E-state index contributed by atoms with van der Waals surface area (Å²) in [6, 6.07) is 7.90. The molecule has 1 aliphatic rings. The van der Waals surface area contributed by atoms with E-state index in [0.717, 1.165) is 31.0 Å². The van der Waals surface area contributed by atoms with Crippen LogP contribution in [0.1, 0.15) is 31.4 Å². The zero-order valence-corrected chi connectivity index (χ0v) is 10.3. The van der Waals surface area contributed by atoms with Gasteiger partial charge in [0.05, 0.1) is 12.2 Å². The Bertz CT molecular complexity index is 319. The molecule has 0 spiro atoms. The molecule has 1 heterocycles. The first-order valence-electron chi connectivity index (χ1n) is 5.87. The molecule has 3 heteroatoms. The number of rotatable bonds is 3. The molecule has 1 aliphatic heterocycles. The van der Waals surface area contributed by atoms with Crippen LogP contribution >= 0.6 is 11.6 Å². The van der Waals surface area contributed by atoms with E-state index in [0.29, 0.717) is 6.10 Å². The van der Waals surface area contributed by atoms with Gasteiger partial charge in [0.2, 0.25) is 0 Å². The largest absolute Gasteiger partial charge is 0.370 e. The minimum atomic E-state index is 0.153. The number of hydrogen-bond acceptors (Lipinski definition) is 2. The maximum atomic E-state index is 6.03. The quantitative estimate of drug-likeness (QED) is 0.875. The fourth-order valence-electron chi connectivity index (χ4n) is 2.03. The summed E-state index contributed by atoms with van der Waals surface area (Å²) < 4.78 is 6.03. The van der Waals surface area contributed by atoms with Crippen molar-refractivity contribution < 1.29 is 4.74 Å². The highest BCUT2D eigenvalue weighted by Gasteiger charge is 2.17. The molecule has 16 heavy (non-hydrogen) atoms. The van der Waals surface area contributed by atoms with Gasteiger partial charge in [-0.1, -0.05) is 23.7 Å². The van der Waals surface area contributed by atoms with Gasteiger partial charge in [0.15, 0.2) is 0 Å². The number of halogens is 1. The first-order valence-corrected chi connectivity index (χ1v) is 6.25. The molecule has 0 radical (unpaired) electrons. The minimum absolute atomic E-state index is 0.153. The predicted octanol–water partition coefficient (Wildman–Crippen LogP) is 3.17. The Balaban J connectivity index is 1.91. The first-order chi connectivity index (χ1) is 7.75. The van der Waals surface area contributed by atoms with Crippen LogP contribution in [0.3, 0.4) is 0 Å². The SMILES string of the molecule is CC(OC1CCNCC1)c1ccc(Cl)cc1. The van der Waals surface area contributed by atoms with Crippen LogP contribution in [0.2, 0.25) is 5.02 Å². The van der Waals surface area contributed by atoms with Crippen LogP contribution < -0.4 is 5.32 Å². The van der Waals surface area contributed by atoms with E-state index in [1.165, 1.54) is 5.56 Å². The Labute approximate surface area is 102 Å². The van der Waals surface area contributed by atoms with Crippen LogP contribution in [-0.4, -0.2) is 19.2 Å². The summed E-state index contributed by atoms with van der Waals surface area (Å²) in [4.78, 5) is 0. The summed E-state index contributed by atoms with van der Waals surface area (Å²) in [6.45, 7) is 4.24. The molecule has 0 aromatic heterocycles. The maximum Gasteiger partial charge on any atom is 0.0800 e. The molecule has 88 valence electrons. The average molecular weight is 240 g/mol. The molecule has 1 aromatic rings. The van der Waals surface area contributed by atoms with Crippen molar-refractivity contribution in [3.05, 3.63) is 34.9 Å². The van der Waals surface area contributed by atoms with Crippen molar-refractivity contribution >= 4 is 11.6 Å². The lowest BCUT2D eigenvalue weighted by Gasteiger charge is -2.26. The molecule has 0 bridgehead atoms. The van der Waals surface area contributed by atoms with Crippen LogP contribution in [0.5, 0.6) is 0 Å². The number of ether oxygens (including phenoxy) is 1. The highest BCUT2D eigenvalue weighted by molar-refractivity contribution is 6.30. The van der Waals surface area contributed by atoms with Crippen molar-refractivity contribution in [1.82, 2.24) is 5.32 Å². The van der Waals surface area contributed by atoms with Gasteiger partial charge in [0.25, 0.3) is 0 Å². The predicted molar refractivity (Wildman–Crippen MR) is 66.8 cm³/mol. The van der Waals surface area contributed by atoms with Gasteiger partial charge in [0.1, 0.15) is 0 Å². The smallest absolute Gasteiger partial charge is 0.0800 e. The zero-order valence-electron chi connectivity index (χ0n) is 9.58. The van der Waals surface area contributed by atoms with Crippen LogP contribution in [0.4, 0.5) is 0 Å². The number of hydrogen-bond donors (Lipinski definition) is 1. The molecule has 2 nitrogen and oxygen atoms in total. The molecule has 1 N–H and O–H groups in total. The summed E-state index contributed by atoms with van der Waals surface area (Å²) in [5.41, 5.74) is 1.20. The van der Waals surface area contributed by atoms with Gasteiger partial charge in [-0.3, -0.25) is 0 Å². The number of piperidine rings is 1.